The lowest BCUT2D eigenvalue weighted by molar-refractivity contribution is -0.109. The van der Waals surface area contributed by atoms with E-state index < -0.39 is 0 Å². The van der Waals surface area contributed by atoms with Crippen LogP contribution in [0.4, 0.5) is 0 Å². The van der Waals surface area contributed by atoms with Gasteiger partial charge in [-0.1, -0.05) is 36.8 Å². The first-order chi connectivity index (χ1) is 6.24. The summed E-state index contributed by atoms with van der Waals surface area (Å²) in [5.41, 5.74) is 2.59. The molecule has 0 amide bonds. The molecule has 0 aliphatic heterocycles. The smallest absolute Gasteiger partial charge is 0.123 e. The molecule has 2 rings (SSSR count). The quantitative estimate of drug-likeness (QED) is 0.630. The van der Waals surface area contributed by atoms with Crippen LogP contribution < -0.4 is 0 Å². The van der Waals surface area contributed by atoms with E-state index in [1.54, 1.807) is 0 Å². The summed E-state index contributed by atoms with van der Waals surface area (Å²) in [6.07, 6.45) is 1.09. The molecule has 0 unspecified atom stereocenters. The highest BCUT2D eigenvalue weighted by molar-refractivity contribution is 5.62. The lowest BCUT2D eigenvalue weighted by Crippen LogP contribution is -1.84. The maximum Gasteiger partial charge on any atom is 0.123 e. The number of aldehydes is 1. The Labute approximate surface area is 78.8 Å². The van der Waals surface area contributed by atoms with Gasteiger partial charge in [-0.3, -0.25) is 0 Å². The molecule has 1 saturated carbocycles. The van der Waals surface area contributed by atoms with Crippen LogP contribution in [-0.4, -0.2) is 6.29 Å². The maximum atomic E-state index is 10.6. The minimum Gasteiger partial charge on any atom is -0.303 e. The van der Waals surface area contributed by atoms with Gasteiger partial charge in [-0.2, -0.15) is 0 Å². The Morgan fingerprint density at radius 2 is 1.85 bits per heavy atom. The standard InChI is InChI=1S/C12H14O/c1-8-3-5-10(6-4-8)12-9(2)11(12)7-13/h3-7,9,11-12H,1-2H3/t9-,11-,12+/m1/s1. The van der Waals surface area contributed by atoms with Crippen LogP contribution in [0.3, 0.4) is 0 Å². The van der Waals surface area contributed by atoms with E-state index in [0.717, 1.165) is 6.29 Å². The first-order valence-corrected chi connectivity index (χ1v) is 4.76. The normalized spacial score (nSPS) is 31.4. The first kappa shape index (κ1) is 8.49. The third-order valence-electron chi connectivity index (χ3n) is 3.07. The highest BCUT2D eigenvalue weighted by Crippen LogP contribution is 2.52. The molecule has 68 valence electrons. The lowest BCUT2D eigenvalue weighted by Gasteiger charge is -1.98. The van der Waals surface area contributed by atoms with Crippen molar-refractivity contribution in [1.29, 1.82) is 0 Å². The van der Waals surface area contributed by atoms with Crippen LogP contribution in [0.5, 0.6) is 0 Å². The average molecular weight is 174 g/mol. The predicted octanol–water partition coefficient (Wildman–Crippen LogP) is 2.54. The van der Waals surface area contributed by atoms with Crippen molar-refractivity contribution in [3.63, 3.8) is 0 Å². The van der Waals surface area contributed by atoms with Crippen LogP contribution in [0.25, 0.3) is 0 Å². The largest absolute Gasteiger partial charge is 0.303 e. The van der Waals surface area contributed by atoms with E-state index in [4.69, 9.17) is 0 Å². The van der Waals surface area contributed by atoms with Gasteiger partial charge in [0, 0.05) is 5.92 Å². The van der Waals surface area contributed by atoms with Gasteiger partial charge in [0.2, 0.25) is 0 Å². The fourth-order valence-corrected chi connectivity index (χ4v) is 2.02. The van der Waals surface area contributed by atoms with Crippen LogP contribution in [0, 0.1) is 18.8 Å². The Bertz CT molecular complexity index is 312. The molecule has 0 bridgehead atoms. The molecule has 3 atom stereocenters. The monoisotopic (exact) mass is 174 g/mol. The summed E-state index contributed by atoms with van der Waals surface area (Å²) < 4.78 is 0. The number of hydrogen-bond acceptors (Lipinski definition) is 1. The van der Waals surface area contributed by atoms with Gasteiger partial charge in [0.05, 0.1) is 0 Å². The van der Waals surface area contributed by atoms with Crippen molar-refractivity contribution in [3.05, 3.63) is 35.4 Å². The summed E-state index contributed by atoms with van der Waals surface area (Å²) in [7, 11) is 0. The molecule has 1 aliphatic carbocycles. The molecule has 1 nitrogen and oxygen atoms in total. The van der Waals surface area contributed by atoms with Crippen molar-refractivity contribution in [2.45, 2.75) is 19.8 Å². The van der Waals surface area contributed by atoms with Gasteiger partial charge in [-0.05, 0) is 24.3 Å². The molecule has 1 heteroatoms. The van der Waals surface area contributed by atoms with Crippen LogP contribution in [0.15, 0.2) is 24.3 Å². The highest BCUT2D eigenvalue weighted by Gasteiger charge is 2.47. The summed E-state index contributed by atoms with van der Waals surface area (Å²) in [6.45, 7) is 4.22. The van der Waals surface area contributed by atoms with Gasteiger partial charge in [0.15, 0.2) is 0 Å². The zero-order valence-corrected chi connectivity index (χ0v) is 8.03. The molecule has 0 heterocycles. The first-order valence-electron chi connectivity index (χ1n) is 4.76. The van der Waals surface area contributed by atoms with E-state index in [-0.39, 0.29) is 5.92 Å². The van der Waals surface area contributed by atoms with Crippen LogP contribution in [0.2, 0.25) is 0 Å². The van der Waals surface area contributed by atoms with Gasteiger partial charge in [-0.25, -0.2) is 0 Å². The van der Waals surface area contributed by atoms with Crippen molar-refractivity contribution in [1.82, 2.24) is 0 Å². The number of rotatable bonds is 2. The predicted molar refractivity (Wildman–Crippen MR) is 52.6 cm³/mol. The van der Waals surface area contributed by atoms with E-state index in [0.29, 0.717) is 11.8 Å². The molecule has 0 aromatic heterocycles. The Morgan fingerprint density at radius 1 is 1.23 bits per heavy atom. The second-order valence-electron chi connectivity index (χ2n) is 4.01. The lowest BCUT2D eigenvalue weighted by atomic mass is 10.1. The van der Waals surface area contributed by atoms with E-state index in [9.17, 15) is 4.79 Å². The summed E-state index contributed by atoms with van der Waals surface area (Å²) >= 11 is 0. The Hall–Kier alpha value is -1.11. The summed E-state index contributed by atoms with van der Waals surface area (Å²) in [5, 5.41) is 0. The second kappa shape index (κ2) is 2.99. The van der Waals surface area contributed by atoms with Crippen molar-refractivity contribution in [2.75, 3.05) is 0 Å². The molecule has 0 saturated heterocycles. The van der Waals surface area contributed by atoms with Crippen LogP contribution in [0.1, 0.15) is 24.0 Å². The maximum absolute atomic E-state index is 10.6. The van der Waals surface area contributed by atoms with Gasteiger partial charge in [-0.15, -0.1) is 0 Å². The number of hydrogen-bond donors (Lipinski definition) is 0. The summed E-state index contributed by atoms with van der Waals surface area (Å²) in [6, 6.07) is 8.50. The SMILES string of the molecule is Cc1ccc([C@@H]2[C@H](C)[C@H]2C=O)cc1. The van der Waals surface area contributed by atoms with Crippen molar-refractivity contribution in [2.24, 2.45) is 11.8 Å². The Kier molecular flexibility index (Phi) is 1.95. The third kappa shape index (κ3) is 1.39. The van der Waals surface area contributed by atoms with Crippen LogP contribution in [-0.2, 0) is 4.79 Å². The topological polar surface area (TPSA) is 17.1 Å². The van der Waals surface area contributed by atoms with Crippen molar-refractivity contribution < 1.29 is 4.79 Å². The molecule has 0 N–H and O–H groups in total. The third-order valence-corrected chi connectivity index (χ3v) is 3.07. The number of carbonyl (C=O) groups is 1. The van der Waals surface area contributed by atoms with Gasteiger partial charge in [0.1, 0.15) is 6.29 Å². The minimum absolute atomic E-state index is 0.266. The fraction of sp³-hybridized carbons (Fsp3) is 0.417. The molecule has 0 radical (unpaired) electrons. The molecule has 1 aromatic carbocycles. The van der Waals surface area contributed by atoms with Crippen LogP contribution >= 0.6 is 0 Å². The number of benzene rings is 1. The zero-order chi connectivity index (χ0) is 9.42. The molecular formula is C12H14O. The summed E-state index contributed by atoms with van der Waals surface area (Å²) in [4.78, 5) is 10.6. The molecule has 1 fully saturated rings. The summed E-state index contributed by atoms with van der Waals surface area (Å²) in [5.74, 6) is 1.29. The van der Waals surface area contributed by atoms with Gasteiger partial charge in [0.25, 0.3) is 0 Å². The van der Waals surface area contributed by atoms with E-state index >= 15 is 0 Å². The van der Waals surface area contributed by atoms with Gasteiger partial charge >= 0.3 is 0 Å². The minimum atomic E-state index is 0.266. The highest BCUT2D eigenvalue weighted by atomic mass is 16.1. The Morgan fingerprint density at radius 3 is 2.31 bits per heavy atom. The second-order valence-corrected chi connectivity index (χ2v) is 4.01. The molecule has 0 spiro atoms. The number of aryl methyl sites for hydroxylation is 1. The Balaban J connectivity index is 2.19. The zero-order valence-electron chi connectivity index (χ0n) is 8.03. The van der Waals surface area contributed by atoms with E-state index in [1.165, 1.54) is 11.1 Å². The van der Waals surface area contributed by atoms with Crippen molar-refractivity contribution >= 4 is 6.29 Å². The fourth-order valence-electron chi connectivity index (χ4n) is 2.02. The van der Waals surface area contributed by atoms with Gasteiger partial charge < -0.3 is 4.79 Å². The number of carbonyl (C=O) groups excluding carboxylic acids is 1. The van der Waals surface area contributed by atoms with E-state index in [2.05, 4.69) is 38.1 Å². The van der Waals surface area contributed by atoms with Crippen molar-refractivity contribution in [3.8, 4) is 0 Å². The van der Waals surface area contributed by atoms with E-state index in [1.807, 2.05) is 0 Å². The molecule has 1 aromatic rings. The molecule has 1 aliphatic rings. The average Bonchev–Trinajstić information content (AvgIpc) is 2.78. The molecule has 13 heavy (non-hydrogen) atoms. The molecular weight excluding hydrogens is 160 g/mol.